The van der Waals surface area contributed by atoms with E-state index in [0.717, 1.165) is 12.1 Å². The van der Waals surface area contributed by atoms with Crippen LogP contribution in [0.4, 0.5) is 10.1 Å². The Morgan fingerprint density at radius 1 is 1.40 bits per heavy atom. The lowest BCUT2D eigenvalue weighted by Gasteiger charge is -2.09. The molecule has 0 fully saturated rings. The number of halogens is 2. The minimum Gasteiger partial charge on any atom is -0.340 e. The van der Waals surface area contributed by atoms with Crippen LogP contribution in [0.3, 0.4) is 0 Å². The summed E-state index contributed by atoms with van der Waals surface area (Å²) in [6.45, 7) is 2.34. The van der Waals surface area contributed by atoms with E-state index in [1.54, 1.807) is 6.92 Å². The summed E-state index contributed by atoms with van der Waals surface area (Å²) in [5.41, 5.74) is 2.58. The maximum atomic E-state index is 13.3. The van der Waals surface area contributed by atoms with E-state index in [0.29, 0.717) is 41.8 Å². The highest BCUT2D eigenvalue weighted by atomic mass is 35.5. The number of ketones is 1. The molecular formula is C18H16ClFN2O3. The fraction of sp³-hybridized carbons (Fsp3) is 0.278. The number of carbonyl (C=O) groups excluding carboxylic acids is 3. The lowest BCUT2D eigenvalue weighted by molar-refractivity contribution is -0.107. The molecule has 2 heterocycles. The molecule has 0 spiro atoms. The molecule has 1 N–H and O–H groups in total. The number of hydrogen-bond acceptors (Lipinski definition) is 3. The van der Waals surface area contributed by atoms with Gasteiger partial charge < -0.3 is 14.7 Å². The number of nitrogens with one attached hydrogen (secondary N) is 1. The minimum absolute atomic E-state index is 0.0863. The van der Waals surface area contributed by atoms with E-state index in [-0.39, 0.29) is 17.2 Å². The smallest absolute Gasteiger partial charge is 0.272 e. The van der Waals surface area contributed by atoms with Crippen molar-refractivity contribution in [2.45, 2.75) is 32.7 Å². The standard InChI is InChI=1S/C18H16ClFN2O3/c1-10-16(15(24)6-8-23)14-3-2-7-22(14)17(10)18(25)21-11-4-5-13(20)12(19)9-11/h4-5,8-9H,2-3,6-7H2,1H3,(H,21,25). The Morgan fingerprint density at radius 3 is 2.84 bits per heavy atom. The van der Waals surface area contributed by atoms with Gasteiger partial charge in [-0.2, -0.15) is 0 Å². The first-order chi connectivity index (χ1) is 11.9. The predicted molar refractivity (Wildman–Crippen MR) is 91.9 cm³/mol. The van der Waals surface area contributed by atoms with Gasteiger partial charge in [0.25, 0.3) is 5.91 Å². The van der Waals surface area contributed by atoms with E-state index >= 15 is 0 Å². The first-order valence-corrected chi connectivity index (χ1v) is 8.27. The van der Waals surface area contributed by atoms with E-state index in [1.165, 1.54) is 18.2 Å². The van der Waals surface area contributed by atoms with Crippen molar-refractivity contribution in [3.05, 3.63) is 51.6 Å². The molecule has 0 radical (unpaired) electrons. The third-order valence-electron chi connectivity index (χ3n) is 4.35. The normalized spacial score (nSPS) is 12.8. The third kappa shape index (κ3) is 3.09. The van der Waals surface area contributed by atoms with Gasteiger partial charge in [0.05, 0.1) is 11.4 Å². The summed E-state index contributed by atoms with van der Waals surface area (Å²) < 4.78 is 15.1. The number of benzene rings is 1. The van der Waals surface area contributed by atoms with E-state index in [1.807, 2.05) is 4.57 Å². The van der Waals surface area contributed by atoms with Gasteiger partial charge in [-0.25, -0.2) is 4.39 Å². The highest BCUT2D eigenvalue weighted by Crippen LogP contribution is 2.30. The molecule has 0 aliphatic carbocycles. The number of aromatic nitrogens is 1. The number of hydrogen-bond donors (Lipinski definition) is 1. The number of fused-ring (bicyclic) bond motifs is 1. The first kappa shape index (κ1) is 17.4. The highest BCUT2D eigenvalue weighted by Gasteiger charge is 2.30. The van der Waals surface area contributed by atoms with Gasteiger partial charge in [0, 0.05) is 23.5 Å². The average Bonchev–Trinajstić information content (AvgIpc) is 3.10. The summed E-state index contributed by atoms with van der Waals surface area (Å²) in [6, 6.07) is 3.92. The number of aldehydes is 1. The Labute approximate surface area is 148 Å². The Bertz CT molecular complexity index is 889. The van der Waals surface area contributed by atoms with Crippen molar-refractivity contribution in [2.24, 2.45) is 0 Å². The zero-order valence-corrected chi connectivity index (χ0v) is 14.3. The van der Waals surface area contributed by atoms with Crippen LogP contribution < -0.4 is 5.32 Å². The van der Waals surface area contributed by atoms with Gasteiger partial charge in [-0.1, -0.05) is 11.6 Å². The molecule has 0 bridgehead atoms. The van der Waals surface area contributed by atoms with Crippen LogP contribution in [0.5, 0.6) is 0 Å². The van der Waals surface area contributed by atoms with Crippen molar-refractivity contribution in [2.75, 3.05) is 5.32 Å². The lowest BCUT2D eigenvalue weighted by Crippen LogP contribution is -2.17. The first-order valence-electron chi connectivity index (χ1n) is 7.89. The van der Waals surface area contributed by atoms with Crippen molar-refractivity contribution < 1.29 is 18.8 Å². The van der Waals surface area contributed by atoms with Crippen LogP contribution in [0, 0.1) is 12.7 Å². The summed E-state index contributed by atoms with van der Waals surface area (Å²) in [4.78, 5) is 35.7. The minimum atomic E-state index is -0.568. The average molecular weight is 363 g/mol. The number of Topliss-reactive ketones (excluding diaryl/α,β-unsaturated/α-hetero) is 1. The number of amides is 1. The van der Waals surface area contributed by atoms with Crippen molar-refractivity contribution >= 4 is 35.3 Å². The zero-order chi connectivity index (χ0) is 18.1. The molecule has 1 aromatic heterocycles. The molecule has 0 saturated heterocycles. The van der Waals surface area contributed by atoms with Crippen molar-refractivity contribution in [1.82, 2.24) is 4.57 Å². The highest BCUT2D eigenvalue weighted by molar-refractivity contribution is 6.31. The van der Waals surface area contributed by atoms with Crippen LogP contribution in [0.15, 0.2) is 18.2 Å². The number of carbonyl (C=O) groups is 3. The molecule has 1 aliphatic rings. The molecule has 7 heteroatoms. The SMILES string of the molecule is Cc1c(C(=O)CC=O)c2n(c1C(=O)Nc1ccc(F)c(Cl)c1)CCC2. The Morgan fingerprint density at radius 2 is 2.16 bits per heavy atom. The van der Waals surface area contributed by atoms with Gasteiger partial charge in [-0.05, 0) is 43.5 Å². The molecule has 2 aromatic rings. The lowest BCUT2D eigenvalue weighted by atomic mass is 10.0. The van der Waals surface area contributed by atoms with E-state index < -0.39 is 11.7 Å². The monoisotopic (exact) mass is 362 g/mol. The molecule has 5 nitrogen and oxygen atoms in total. The largest absolute Gasteiger partial charge is 0.340 e. The van der Waals surface area contributed by atoms with Gasteiger partial charge in [0.1, 0.15) is 17.8 Å². The van der Waals surface area contributed by atoms with Crippen LogP contribution in [-0.2, 0) is 17.8 Å². The fourth-order valence-corrected chi connectivity index (χ4v) is 3.50. The van der Waals surface area contributed by atoms with E-state index in [4.69, 9.17) is 11.6 Å². The summed E-state index contributed by atoms with van der Waals surface area (Å²) in [5.74, 6) is -1.24. The summed E-state index contributed by atoms with van der Waals surface area (Å²) >= 11 is 5.74. The predicted octanol–water partition coefficient (Wildman–Crippen LogP) is 3.56. The molecule has 1 amide bonds. The quantitative estimate of drug-likeness (QED) is 0.502. The van der Waals surface area contributed by atoms with Gasteiger partial charge in [-0.15, -0.1) is 0 Å². The van der Waals surface area contributed by atoms with Crippen molar-refractivity contribution in [3.63, 3.8) is 0 Å². The number of rotatable bonds is 5. The number of nitrogens with zero attached hydrogens (tertiary/aromatic N) is 1. The Balaban J connectivity index is 1.98. The molecule has 0 unspecified atom stereocenters. The van der Waals surface area contributed by atoms with Crippen molar-refractivity contribution in [1.29, 1.82) is 0 Å². The van der Waals surface area contributed by atoms with Crippen LogP contribution in [0.25, 0.3) is 0 Å². The molecule has 130 valence electrons. The van der Waals surface area contributed by atoms with Crippen LogP contribution in [0.1, 0.15) is 44.9 Å². The summed E-state index contributed by atoms with van der Waals surface area (Å²) in [7, 11) is 0. The summed E-state index contributed by atoms with van der Waals surface area (Å²) in [5, 5.41) is 2.60. The van der Waals surface area contributed by atoms with Gasteiger partial charge in [0.2, 0.25) is 0 Å². The second-order valence-corrected chi connectivity index (χ2v) is 6.33. The zero-order valence-electron chi connectivity index (χ0n) is 13.6. The Kier molecular flexibility index (Phi) is 4.72. The number of anilines is 1. The molecule has 25 heavy (non-hydrogen) atoms. The summed E-state index contributed by atoms with van der Waals surface area (Å²) in [6.07, 6.45) is 1.89. The van der Waals surface area contributed by atoms with E-state index in [9.17, 15) is 18.8 Å². The molecular weight excluding hydrogens is 347 g/mol. The second kappa shape index (κ2) is 6.80. The van der Waals surface area contributed by atoms with E-state index in [2.05, 4.69) is 5.32 Å². The van der Waals surface area contributed by atoms with Gasteiger partial charge in [0.15, 0.2) is 5.78 Å². The maximum absolute atomic E-state index is 13.3. The van der Waals surface area contributed by atoms with Crippen LogP contribution in [-0.4, -0.2) is 22.5 Å². The van der Waals surface area contributed by atoms with Gasteiger partial charge in [-0.3, -0.25) is 9.59 Å². The van der Waals surface area contributed by atoms with Crippen LogP contribution in [0.2, 0.25) is 5.02 Å². The van der Waals surface area contributed by atoms with Gasteiger partial charge >= 0.3 is 0 Å². The maximum Gasteiger partial charge on any atom is 0.272 e. The molecule has 1 aliphatic heterocycles. The fourth-order valence-electron chi connectivity index (χ4n) is 3.32. The third-order valence-corrected chi connectivity index (χ3v) is 4.64. The second-order valence-electron chi connectivity index (χ2n) is 5.93. The molecule has 0 atom stereocenters. The molecule has 3 rings (SSSR count). The Hall–Kier alpha value is -2.47. The topological polar surface area (TPSA) is 68.2 Å². The molecule has 0 saturated carbocycles. The molecule has 1 aromatic carbocycles. The van der Waals surface area contributed by atoms with Crippen molar-refractivity contribution in [3.8, 4) is 0 Å². The van der Waals surface area contributed by atoms with Crippen LogP contribution >= 0.6 is 11.6 Å².